The lowest BCUT2D eigenvalue weighted by Crippen LogP contribution is -2.65. The molecule has 1 saturated heterocycles. The van der Waals surface area contributed by atoms with E-state index in [1.165, 1.54) is 6.42 Å². The molecule has 1 aromatic rings. The molecule has 1 aromatic carbocycles. The van der Waals surface area contributed by atoms with Gasteiger partial charge in [-0.15, -0.1) is 0 Å². The van der Waals surface area contributed by atoms with Crippen LogP contribution in [0.3, 0.4) is 0 Å². The molecule has 6 heteroatoms. The normalized spacial score (nSPS) is 24.7. The van der Waals surface area contributed by atoms with Gasteiger partial charge in [0.25, 0.3) is 0 Å². The quantitative estimate of drug-likeness (QED) is 0.541. The number of fused-ring (bicyclic) bond motifs is 1. The lowest BCUT2D eigenvalue weighted by Gasteiger charge is -2.53. The number of carbonyl (C=O) groups is 1. The maximum absolute atomic E-state index is 12.9. The number of amides is 1. The van der Waals surface area contributed by atoms with Gasteiger partial charge in [0.1, 0.15) is 10.1 Å². The number of β-lactam (4-membered cyclic amide) rings is 1. The molecule has 0 spiro atoms. The van der Waals surface area contributed by atoms with Gasteiger partial charge in [0.05, 0.1) is 13.0 Å². The first-order valence-electron chi connectivity index (χ1n) is 9.48. The molecule has 1 saturated carbocycles. The van der Waals surface area contributed by atoms with Crippen molar-refractivity contribution in [3.63, 3.8) is 0 Å². The van der Waals surface area contributed by atoms with Crippen LogP contribution in [0.2, 0.25) is 0 Å². The van der Waals surface area contributed by atoms with E-state index in [0.717, 1.165) is 41.6 Å². The Labute approximate surface area is 166 Å². The van der Waals surface area contributed by atoms with Crippen LogP contribution >= 0.6 is 24.0 Å². The molecule has 2 aliphatic rings. The molecule has 0 unspecified atom stereocenters. The molecule has 1 aliphatic carbocycles. The fraction of sp³-hybridized carbons (Fsp3) is 0.600. The van der Waals surface area contributed by atoms with Crippen molar-refractivity contribution < 1.29 is 9.53 Å². The molecule has 0 radical (unpaired) electrons. The van der Waals surface area contributed by atoms with Crippen LogP contribution in [0.25, 0.3) is 0 Å². The molecule has 2 fully saturated rings. The van der Waals surface area contributed by atoms with Gasteiger partial charge in [-0.3, -0.25) is 4.79 Å². The molecule has 3 atom stereocenters. The van der Waals surface area contributed by atoms with Crippen LogP contribution in [0.1, 0.15) is 38.7 Å². The van der Waals surface area contributed by atoms with Crippen molar-refractivity contribution in [1.29, 1.82) is 0 Å². The summed E-state index contributed by atoms with van der Waals surface area (Å²) in [6.45, 7) is 6.82. The summed E-state index contributed by atoms with van der Waals surface area (Å²) < 4.78 is 6.16. The third-order valence-electron chi connectivity index (χ3n) is 5.56. The van der Waals surface area contributed by atoms with Crippen molar-refractivity contribution in [1.82, 2.24) is 9.80 Å². The maximum Gasteiger partial charge on any atom is 0.229 e. The van der Waals surface area contributed by atoms with Gasteiger partial charge in [0.15, 0.2) is 0 Å². The number of hydrogen-bond acceptors (Lipinski definition) is 4. The first kappa shape index (κ1) is 19.5. The molecular weight excluding hydrogens is 364 g/mol. The number of carbonyl (C=O) groups excluding carboxylic acids is 1. The second-order valence-electron chi connectivity index (χ2n) is 6.93. The minimum Gasteiger partial charge on any atom is -0.497 e. The van der Waals surface area contributed by atoms with Gasteiger partial charge < -0.3 is 14.5 Å². The van der Waals surface area contributed by atoms with Crippen LogP contribution in [-0.2, 0) is 11.3 Å². The van der Waals surface area contributed by atoms with E-state index in [1.807, 2.05) is 24.3 Å². The zero-order chi connectivity index (χ0) is 18.7. The van der Waals surface area contributed by atoms with Crippen molar-refractivity contribution in [2.45, 2.75) is 50.9 Å². The van der Waals surface area contributed by atoms with E-state index in [2.05, 4.69) is 23.6 Å². The minimum atomic E-state index is 0.139. The number of ether oxygens (including phenoxy) is 1. The highest BCUT2D eigenvalue weighted by molar-refractivity contribution is 8.23. The third-order valence-corrected chi connectivity index (χ3v) is 7.40. The summed E-state index contributed by atoms with van der Waals surface area (Å²) in [5, 5.41) is 0.335. The predicted octanol–water partition coefficient (Wildman–Crippen LogP) is 3.93. The molecule has 1 heterocycles. The second-order valence-corrected chi connectivity index (χ2v) is 8.81. The zero-order valence-corrected chi connectivity index (χ0v) is 17.4. The summed E-state index contributed by atoms with van der Waals surface area (Å²) >= 11 is 7.37. The van der Waals surface area contributed by atoms with Crippen LogP contribution in [0.15, 0.2) is 24.3 Å². The fourth-order valence-electron chi connectivity index (χ4n) is 4.02. The number of thioether (sulfide) groups is 1. The van der Waals surface area contributed by atoms with Crippen molar-refractivity contribution in [3.05, 3.63) is 29.8 Å². The van der Waals surface area contributed by atoms with Crippen LogP contribution < -0.4 is 4.74 Å². The number of nitrogens with zero attached hydrogens (tertiary/aromatic N) is 2. The highest BCUT2D eigenvalue weighted by atomic mass is 32.2. The summed E-state index contributed by atoms with van der Waals surface area (Å²) in [4.78, 5) is 17.1. The van der Waals surface area contributed by atoms with E-state index >= 15 is 0 Å². The molecule has 0 aromatic heterocycles. The highest BCUT2D eigenvalue weighted by Crippen LogP contribution is 2.45. The molecular formula is C20H28N2O2S2. The summed E-state index contributed by atoms with van der Waals surface area (Å²) in [7, 11) is 1.67. The Hall–Kier alpha value is -1.27. The Morgan fingerprint density at radius 1 is 1.27 bits per heavy atom. The second kappa shape index (κ2) is 8.61. The molecule has 0 N–H and O–H groups in total. The smallest absolute Gasteiger partial charge is 0.229 e. The van der Waals surface area contributed by atoms with E-state index in [0.29, 0.717) is 23.7 Å². The fourth-order valence-corrected chi connectivity index (χ4v) is 6.05. The van der Waals surface area contributed by atoms with Gasteiger partial charge in [0, 0.05) is 30.9 Å². The van der Waals surface area contributed by atoms with E-state index < -0.39 is 0 Å². The van der Waals surface area contributed by atoms with Gasteiger partial charge in [-0.1, -0.05) is 42.5 Å². The predicted molar refractivity (Wildman–Crippen MR) is 112 cm³/mol. The average molecular weight is 393 g/mol. The largest absolute Gasteiger partial charge is 0.497 e. The van der Waals surface area contributed by atoms with Gasteiger partial charge >= 0.3 is 0 Å². The molecule has 0 bridgehead atoms. The van der Waals surface area contributed by atoms with Gasteiger partial charge in [0.2, 0.25) is 5.91 Å². The molecule has 26 heavy (non-hydrogen) atoms. The Morgan fingerprint density at radius 3 is 2.58 bits per heavy atom. The van der Waals surface area contributed by atoms with Crippen LogP contribution in [0.5, 0.6) is 5.75 Å². The van der Waals surface area contributed by atoms with Gasteiger partial charge in [-0.2, -0.15) is 0 Å². The monoisotopic (exact) mass is 392 g/mol. The summed E-state index contributed by atoms with van der Waals surface area (Å²) in [6, 6.07) is 8.38. The van der Waals surface area contributed by atoms with Crippen LogP contribution in [0.4, 0.5) is 0 Å². The molecule has 1 amide bonds. The number of thiocarbonyl (C=S) groups is 1. The summed E-state index contributed by atoms with van der Waals surface area (Å²) in [6.07, 6.45) is 3.38. The number of benzene rings is 1. The Kier molecular flexibility index (Phi) is 6.46. The maximum atomic E-state index is 12.9. The van der Waals surface area contributed by atoms with Crippen molar-refractivity contribution >= 4 is 34.2 Å². The van der Waals surface area contributed by atoms with Crippen LogP contribution in [-0.4, -0.2) is 51.5 Å². The number of hydrogen-bond donors (Lipinski definition) is 0. The van der Waals surface area contributed by atoms with E-state index in [1.54, 1.807) is 18.9 Å². The zero-order valence-electron chi connectivity index (χ0n) is 15.8. The van der Waals surface area contributed by atoms with E-state index in [4.69, 9.17) is 17.0 Å². The molecule has 1 aliphatic heterocycles. The summed E-state index contributed by atoms with van der Waals surface area (Å²) in [5.41, 5.74) is 1.16. The van der Waals surface area contributed by atoms with E-state index in [9.17, 15) is 4.79 Å². The molecule has 3 rings (SSSR count). The standard InChI is InChI=1S/C20H28N2O2S2/c1-4-21(5-2)20(25)26-17-8-6-7-16-18(17)19(23)22(16)13-14-9-11-15(24-3)12-10-14/h9-12,16-18H,4-8,13H2,1-3H3/t16-,17-,18-/m0/s1. The topological polar surface area (TPSA) is 32.8 Å². The van der Waals surface area contributed by atoms with Crippen molar-refractivity contribution in [2.75, 3.05) is 20.2 Å². The number of methoxy groups -OCH3 is 1. The van der Waals surface area contributed by atoms with Gasteiger partial charge in [-0.05, 0) is 44.4 Å². The number of likely N-dealkylation sites (tertiary alicyclic amines) is 1. The average Bonchev–Trinajstić information content (AvgIpc) is 2.67. The molecule has 4 nitrogen and oxygen atoms in total. The van der Waals surface area contributed by atoms with Crippen LogP contribution in [0, 0.1) is 5.92 Å². The van der Waals surface area contributed by atoms with Crippen molar-refractivity contribution in [3.8, 4) is 5.75 Å². The Balaban J connectivity index is 1.62. The van der Waals surface area contributed by atoms with Crippen molar-refractivity contribution in [2.24, 2.45) is 5.92 Å². The third kappa shape index (κ3) is 3.86. The Bertz CT molecular complexity index is 646. The van der Waals surface area contributed by atoms with E-state index in [-0.39, 0.29) is 5.92 Å². The highest BCUT2D eigenvalue weighted by Gasteiger charge is 2.52. The first-order chi connectivity index (χ1) is 12.6. The SMILES string of the molecule is CCN(CC)C(=S)S[C@H]1CCC[C@H]2[C@@H]1C(=O)N2Cc1ccc(OC)cc1. The lowest BCUT2D eigenvalue weighted by atomic mass is 9.75. The minimum absolute atomic E-state index is 0.139. The Morgan fingerprint density at radius 2 is 1.96 bits per heavy atom. The number of rotatable bonds is 6. The summed E-state index contributed by atoms with van der Waals surface area (Å²) in [5.74, 6) is 1.28. The lowest BCUT2D eigenvalue weighted by molar-refractivity contribution is -0.160. The van der Waals surface area contributed by atoms with Gasteiger partial charge in [-0.25, -0.2) is 0 Å². The molecule has 142 valence electrons. The first-order valence-corrected chi connectivity index (χ1v) is 10.8.